The molecule has 0 atom stereocenters. The highest BCUT2D eigenvalue weighted by Gasteiger charge is 2.38. The summed E-state index contributed by atoms with van der Waals surface area (Å²) in [5, 5.41) is 5.51. The number of esters is 1. The SMILES string of the molecule is CCOC(=O)C(=O)Nc1ccc(-c2noc(C(F)(F)F)n2)cc1. The number of hydrogen-bond donors (Lipinski definition) is 1. The van der Waals surface area contributed by atoms with Gasteiger partial charge in [-0.15, -0.1) is 0 Å². The molecule has 1 aromatic heterocycles. The summed E-state index contributed by atoms with van der Waals surface area (Å²) in [5.41, 5.74) is 0.504. The van der Waals surface area contributed by atoms with Gasteiger partial charge in [0.05, 0.1) is 6.61 Å². The van der Waals surface area contributed by atoms with Crippen LogP contribution in [0.4, 0.5) is 18.9 Å². The summed E-state index contributed by atoms with van der Waals surface area (Å²) >= 11 is 0. The van der Waals surface area contributed by atoms with Gasteiger partial charge in [0.25, 0.3) is 0 Å². The van der Waals surface area contributed by atoms with Crippen molar-refractivity contribution in [1.29, 1.82) is 0 Å². The van der Waals surface area contributed by atoms with Gasteiger partial charge in [-0.25, -0.2) is 4.79 Å². The van der Waals surface area contributed by atoms with Gasteiger partial charge in [0.15, 0.2) is 0 Å². The number of rotatable bonds is 3. The van der Waals surface area contributed by atoms with Crippen LogP contribution in [0.3, 0.4) is 0 Å². The molecule has 0 saturated heterocycles. The summed E-state index contributed by atoms with van der Waals surface area (Å²) in [6.07, 6.45) is -4.72. The summed E-state index contributed by atoms with van der Waals surface area (Å²) in [4.78, 5) is 25.8. The van der Waals surface area contributed by atoms with Gasteiger partial charge in [0, 0.05) is 11.3 Å². The normalized spacial score (nSPS) is 11.1. The third-order valence-electron chi connectivity index (χ3n) is 2.53. The highest BCUT2D eigenvalue weighted by Crippen LogP contribution is 2.29. The van der Waals surface area contributed by atoms with E-state index in [1.54, 1.807) is 6.92 Å². The fourth-order valence-corrected chi connectivity index (χ4v) is 1.54. The minimum absolute atomic E-state index is 0.0601. The summed E-state index contributed by atoms with van der Waals surface area (Å²) in [6.45, 7) is 1.62. The zero-order valence-corrected chi connectivity index (χ0v) is 11.7. The van der Waals surface area contributed by atoms with Crippen LogP contribution in [0.2, 0.25) is 0 Å². The highest BCUT2D eigenvalue weighted by molar-refractivity contribution is 6.37. The highest BCUT2D eigenvalue weighted by atomic mass is 19.4. The molecule has 0 fully saturated rings. The minimum Gasteiger partial charge on any atom is -0.459 e. The van der Waals surface area contributed by atoms with Crippen LogP contribution in [0, 0.1) is 0 Å². The number of aromatic nitrogens is 2. The molecule has 10 heteroatoms. The molecule has 0 aliphatic rings. The molecule has 1 amide bonds. The molecule has 7 nitrogen and oxygen atoms in total. The van der Waals surface area contributed by atoms with Crippen LogP contribution in [0.15, 0.2) is 28.8 Å². The van der Waals surface area contributed by atoms with Crippen molar-refractivity contribution >= 4 is 17.6 Å². The number of carbonyl (C=O) groups is 2. The van der Waals surface area contributed by atoms with E-state index in [1.807, 2.05) is 0 Å². The standard InChI is InChI=1S/C13H10F3N3O4/c1-2-22-11(21)10(20)17-8-5-3-7(4-6-8)9-18-12(23-19-9)13(14,15)16/h3-6H,2H2,1H3,(H,17,20). The molecule has 23 heavy (non-hydrogen) atoms. The first-order valence-electron chi connectivity index (χ1n) is 6.30. The van der Waals surface area contributed by atoms with Crippen molar-refractivity contribution < 1.29 is 32.0 Å². The fourth-order valence-electron chi connectivity index (χ4n) is 1.54. The summed E-state index contributed by atoms with van der Waals surface area (Å²) in [5.74, 6) is -3.70. The van der Waals surface area contributed by atoms with Gasteiger partial charge in [0.1, 0.15) is 0 Å². The monoisotopic (exact) mass is 329 g/mol. The first-order valence-corrected chi connectivity index (χ1v) is 6.30. The summed E-state index contributed by atoms with van der Waals surface area (Å²) in [7, 11) is 0. The van der Waals surface area contributed by atoms with Gasteiger partial charge in [-0.05, 0) is 31.2 Å². The second-order valence-electron chi connectivity index (χ2n) is 4.17. The first kappa shape index (κ1) is 16.5. The molecule has 0 spiro atoms. The lowest BCUT2D eigenvalue weighted by molar-refractivity contribution is -0.159. The lowest BCUT2D eigenvalue weighted by Crippen LogP contribution is -2.24. The minimum atomic E-state index is -4.72. The van der Waals surface area contributed by atoms with E-state index in [2.05, 4.69) is 24.7 Å². The molecule has 1 aromatic carbocycles. The number of nitrogens with one attached hydrogen (secondary N) is 1. The topological polar surface area (TPSA) is 94.3 Å². The molecule has 0 aliphatic heterocycles. The Kier molecular flexibility index (Phi) is 4.63. The van der Waals surface area contributed by atoms with Crippen molar-refractivity contribution in [3.05, 3.63) is 30.2 Å². The maximum Gasteiger partial charge on any atom is 0.471 e. The maximum atomic E-state index is 12.4. The quantitative estimate of drug-likeness (QED) is 0.685. The van der Waals surface area contributed by atoms with Gasteiger partial charge < -0.3 is 14.6 Å². The molecule has 0 aliphatic carbocycles. The average Bonchev–Trinajstić information content (AvgIpc) is 2.98. The first-order chi connectivity index (χ1) is 10.8. The number of benzene rings is 1. The van der Waals surface area contributed by atoms with E-state index >= 15 is 0 Å². The molecule has 2 aromatic rings. The zero-order chi connectivity index (χ0) is 17.0. The van der Waals surface area contributed by atoms with Crippen molar-refractivity contribution in [3.8, 4) is 11.4 Å². The predicted octanol–water partition coefficient (Wildman–Crippen LogP) is 2.26. The smallest absolute Gasteiger partial charge is 0.459 e. The van der Waals surface area contributed by atoms with Crippen molar-refractivity contribution in [2.75, 3.05) is 11.9 Å². The second-order valence-corrected chi connectivity index (χ2v) is 4.17. The molecule has 0 unspecified atom stereocenters. The predicted molar refractivity (Wildman–Crippen MR) is 70.0 cm³/mol. The Balaban J connectivity index is 2.09. The number of halogens is 3. The molecule has 2 rings (SSSR count). The molecule has 1 heterocycles. The van der Waals surface area contributed by atoms with Crippen LogP contribution in [0.25, 0.3) is 11.4 Å². The second kappa shape index (κ2) is 6.46. The molecule has 1 N–H and O–H groups in total. The van der Waals surface area contributed by atoms with E-state index in [1.165, 1.54) is 24.3 Å². The third-order valence-corrected chi connectivity index (χ3v) is 2.53. The van der Waals surface area contributed by atoms with E-state index in [0.717, 1.165) is 0 Å². The van der Waals surface area contributed by atoms with E-state index in [0.29, 0.717) is 0 Å². The molecule has 0 radical (unpaired) electrons. The van der Waals surface area contributed by atoms with Crippen LogP contribution in [-0.4, -0.2) is 28.6 Å². The van der Waals surface area contributed by atoms with E-state index in [4.69, 9.17) is 0 Å². The molecule has 0 saturated carbocycles. The third kappa shape index (κ3) is 4.05. The Hall–Kier alpha value is -2.91. The molecule has 122 valence electrons. The van der Waals surface area contributed by atoms with E-state index < -0.39 is 23.9 Å². The van der Waals surface area contributed by atoms with Gasteiger partial charge >= 0.3 is 23.9 Å². The number of carbonyl (C=O) groups excluding carboxylic acids is 2. The maximum absolute atomic E-state index is 12.4. The number of amides is 1. The number of anilines is 1. The number of hydrogen-bond acceptors (Lipinski definition) is 6. The van der Waals surface area contributed by atoms with Crippen molar-refractivity contribution in [3.63, 3.8) is 0 Å². The van der Waals surface area contributed by atoms with Crippen molar-refractivity contribution in [1.82, 2.24) is 10.1 Å². The van der Waals surface area contributed by atoms with E-state index in [-0.39, 0.29) is 23.7 Å². The Morgan fingerprint density at radius 3 is 2.43 bits per heavy atom. The average molecular weight is 329 g/mol. The van der Waals surface area contributed by atoms with Crippen LogP contribution < -0.4 is 5.32 Å². The van der Waals surface area contributed by atoms with Crippen molar-refractivity contribution in [2.24, 2.45) is 0 Å². The molecular formula is C13H10F3N3O4. The van der Waals surface area contributed by atoms with Crippen molar-refractivity contribution in [2.45, 2.75) is 13.1 Å². The number of nitrogens with zero attached hydrogens (tertiary/aromatic N) is 2. The summed E-state index contributed by atoms with van der Waals surface area (Å²) in [6, 6.07) is 5.48. The van der Waals surface area contributed by atoms with Crippen LogP contribution >= 0.6 is 0 Å². The lowest BCUT2D eigenvalue weighted by atomic mass is 10.2. The fraction of sp³-hybridized carbons (Fsp3) is 0.231. The van der Waals surface area contributed by atoms with Gasteiger partial charge in [-0.1, -0.05) is 5.16 Å². The van der Waals surface area contributed by atoms with Gasteiger partial charge in [-0.3, -0.25) is 4.79 Å². The molecular weight excluding hydrogens is 319 g/mol. The van der Waals surface area contributed by atoms with Gasteiger partial charge in [-0.2, -0.15) is 18.2 Å². The Morgan fingerprint density at radius 1 is 1.26 bits per heavy atom. The Bertz CT molecular complexity index is 710. The largest absolute Gasteiger partial charge is 0.471 e. The van der Waals surface area contributed by atoms with E-state index in [9.17, 15) is 22.8 Å². The van der Waals surface area contributed by atoms with Crippen LogP contribution in [0.1, 0.15) is 12.8 Å². The number of ether oxygens (including phenoxy) is 1. The molecule has 0 bridgehead atoms. The summed E-state index contributed by atoms with van der Waals surface area (Å²) < 4.78 is 45.8. The number of alkyl halides is 3. The Morgan fingerprint density at radius 2 is 1.91 bits per heavy atom. The van der Waals surface area contributed by atoms with Crippen LogP contribution in [0.5, 0.6) is 0 Å². The van der Waals surface area contributed by atoms with Crippen LogP contribution in [-0.2, 0) is 20.5 Å². The van der Waals surface area contributed by atoms with Gasteiger partial charge in [0.2, 0.25) is 5.82 Å². The lowest BCUT2D eigenvalue weighted by Gasteiger charge is -2.04. The zero-order valence-electron chi connectivity index (χ0n) is 11.7. The Labute approximate surface area is 127 Å².